The first kappa shape index (κ1) is 17.0. The second kappa shape index (κ2) is 9.78. The second-order valence-electron chi connectivity index (χ2n) is 5.76. The van der Waals surface area contributed by atoms with Crippen molar-refractivity contribution >= 4 is 11.9 Å². The summed E-state index contributed by atoms with van der Waals surface area (Å²) in [5, 5.41) is 2.81. The van der Waals surface area contributed by atoms with Gasteiger partial charge in [-0.3, -0.25) is 9.59 Å². The summed E-state index contributed by atoms with van der Waals surface area (Å²) < 4.78 is 4.99. The van der Waals surface area contributed by atoms with Gasteiger partial charge in [-0.2, -0.15) is 0 Å². The molecule has 0 saturated carbocycles. The minimum atomic E-state index is -0.540. The molecular formula is C16H29NO3. The van der Waals surface area contributed by atoms with Crippen molar-refractivity contribution in [3.8, 4) is 0 Å². The molecule has 1 saturated heterocycles. The van der Waals surface area contributed by atoms with E-state index in [1.165, 1.54) is 58.3 Å². The lowest BCUT2D eigenvalue weighted by Gasteiger charge is -2.35. The average molecular weight is 283 g/mol. The van der Waals surface area contributed by atoms with Gasteiger partial charge in [-0.25, -0.2) is 0 Å². The molecule has 0 aromatic heterocycles. The van der Waals surface area contributed by atoms with Crippen molar-refractivity contribution in [3.05, 3.63) is 0 Å². The van der Waals surface area contributed by atoms with Crippen LogP contribution in [0.4, 0.5) is 0 Å². The van der Waals surface area contributed by atoms with E-state index in [-0.39, 0.29) is 17.9 Å². The highest BCUT2D eigenvalue weighted by Crippen LogP contribution is 2.18. The zero-order chi connectivity index (χ0) is 14.8. The Balaban J connectivity index is 1.94. The molecule has 1 heterocycles. The SMILES string of the molecule is CCCCCCCCCCCC1NC(=O)C1OC(C)=O. The summed E-state index contributed by atoms with van der Waals surface area (Å²) in [4.78, 5) is 22.1. The van der Waals surface area contributed by atoms with E-state index in [0.29, 0.717) is 0 Å². The highest BCUT2D eigenvalue weighted by molar-refractivity contribution is 5.90. The number of amides is 1. The van der Waals surface area contributed by atoms with Gasteiger partial charge in [0.25, 0.3) is 5.91 Å². The number of hydrogen-bond donors (Lipinski definition) is 1. The van der Waals surface area contributed by atoms with E-state index in [4.69, 9.17) is 4.74 Å². The molecule has 1 rings (SSSR count). The Morgan fingerprint density at radius 2 is 1.60 bits per heavy atom. The van der Waals surface area contributed by atoms with Crippen LogP contribution >= 0.6 is 0 Å². The summed E-state index contributed by atoms with van der Waals surface area (Å²) in [5.74, 6) is -0.525. The minimum Gasteiger partial charge on any atom is -0.450 e. The maximum absolute atomic E-state index is 11.2. The van der Waals surface area contributed by atoms with Crippen molar-refractivity contribution in [3.63, 3.8) is 0 Å². The van der Waals surface area contributed by atoms with Crippen LogP contribution in [-0.4, -0.2) is 24.0 Å². The van der Waals surface area contributed by atoms with Gasteiger partial charge in [0.15, 0.2) is 6.10 Å². The molecule has 0 aliphatic carbocycles. The number of nitrogens with one attached hydrogen (secondary N) is 1. The summed E-state index contributed by atoms with van der Waals surface area (Å²) in [6.45, 7) is 3.59. The fourth-order valence-electron chi connectivity index (χ4n) is 2.64. The summed E-state index contributed by atoms with van der Waals surface area (Å²) in [6.07, 6.45) is 12.0. The highest BCUT2D eigenvalue weighted by atomic mass is 16.6. The van der Waals surface area contributed by atoms with Gasteiger partial charge >= 0.3 is 5.97 Å². The van der Waals surface area contributed by atoms with Gasteiger partial charge in [-0.15, -0.1) is 0 Å². The van der Waals surface area contributed by atoms with Crippen molar-refractivity contribution < 1.29 is 14.3 Å². The highest BCUT2D eigenvalue weighted by Gasteiger charge is 2.41. The number of hydrogen-bond acceptors (Lipinski definition) is 3. The van der Waals surface area contributed by atoms with Crippen LogP contribution < -0.4 is 5.32 Å². The number of ether oxygens (including phenoxy) is 1. The lowest BCUT2D eigenvalue weighted by molar-refractivity contribution is -0.164. The summed E-state index contributed by atoms with van der Waals surface area (Å²) in [7, 11) is 0. The lowest BCUT2D eigenvalue weighted by atomic mass is 9.95. The van der Waals surface area contributed by atoms with Crippen LogP contribution in [0, 0.1) is 0 Å². The van der Waals surface area contributed by atoms with E-state index in [1.54, 1.807) is 0 Å². The standard InChI is InChI=1S/C16H29NO3/c1-3-4-5-6-7-8-9-10-11-12-14-15(16(19)17-14)20-13(2)18/h14-15H,3-12H2,1-2H3,(H,17,19). The van der Waals surface area contributed by atoms with E-state index < -0.39 is 6.10 Å². The number of β-lactam (4-membered cyclic amide) rings is 1. The molecule has 1 amide bonds. The van der Waals surface area contributed by atoms with E-state index >= 15 is 0 Å². The van der Waals surface area contributed by atoms with Crippen LogP contribution in [0.5, 0.6) is 0 Å². The fraction of sp³-hybridized carbons (Fsp3) is 0.875. The molecule has 0 aromatic rings. The zero-order valence-corrected chi connectivity index (χ0v) is 13.0. The van der Waals surface area contributed by atoms with Gasteiger partial charge in [-0.1, -0.05) is 64.7 Å². The van der Waals surface area contributed by atoms with Gasteiger partial charge in [0.2, 0.25) is 0 Å². The molecule has 20 heavy (non-hydrogen) atoms. The quantitative estimate of drug-likeness (QED) is 0.359. The minimum absolute atomic E-state index is 0.0379. The first-order valence-corrected chi connectivity index (χ1v) is 8.12. The van der Waals surface area contributed by atoms with Gasteiger partial charge in [0, 0.05) is 6.92 Å². The van der Waals surface area contributed by atoms with E-state index in [1.807, 2.05) is 0 Å². The van der Waals surface area contributed by atoms with Crippen LogP contribution in [0.1, 0.15) is 78.1 Å². The molecular weight excluding hydrogens is 254 g/mol. The van der Waals surface area contributed by atoms with Crippen molar-refractivity contribution in [2.45, 2.75) is 90.2 Å². The maximum Gasteiger partial charge on any atom is 0.303 e. The normalized spacial score (nSPS) is 21.2. The topological polar surface area (TPSA) is 55.4 Å². The van der Waals surface area contributed by atoms with Gasteiger partial charge < -0.3 is 10.1 Å². The molecule has 0 radical (unpaired) electrons. The third-order valence-electron chi connectivity index (χ3n) is 3.86. The van der Waals surface area contributed by atoms with Gasteiger partial charge in [0.05, 0.1) is 6.04 Å². The van der Waals surface area contributed by atoms with Crippen LogP contribution in [0.2, 0.25) is 0 Å². The van der Waals surface area contributed by atoms with Crippen LogP contribution in [-0.2, 0) is 14.3 Å². The van der Waals surface area contributed by atoms with E-state index in [2.05, 4.69) is 12.2 Å². The summed E-state index contributed by atoms with van der Waals surface area (Å²) in [6, 6.07) is 0.0379. The number of rotatable bonds is 11. The van der Waals surface area contributed by atoms with E-state index in [9.17, 15) is 9.59 Å². The average Bonchev–Trinajstić information content (AvgIpc) is 2.42. The van der Waals surface area contributed by atoms with Gasteiger partial charge in [-0.05, 0) is 6.42 Å². The number of carbonyl (C=O) groups excluding carboxylic acids is 2. The smallest absolute Gasteiger partial charge is 0.303 e. The van der Waals surface area contributed by atoms with Crippen LogP contribution in [0.25, 0.3) is 0 Å². The first-order chi connectivity index (χ1) is 9.65. The van der Waals surface area contributed by atoms with Crippen LogP contribution in [0.15, 0.2) is 0 Å². The largest absolute Gasteiger partial charge is 0.450 e. The molecule has 4 heteroatoms. The third kappa shape index (κ3) is 6.40. The summed E-state index contributed by atoms with van der Waals surface area (Å²) in [5.41, 5.74) is 0. The van der Waals surface area contributed by atoms with Crippen LogP contribution in [0.3, 0.4) is 0 Å². The predicted molar refractivity (Wildman–Crippen MR) is 79.3 cm³/mol. The molecule has 4 nitrogen and oxygen atoms in total. The van der Waals surface area contributed by atoms with Crippen molar-refractivity contribution in [1.82, 2.24) is 5.32 Å². The van der Waals surface area contributed by atoms with Crippen molar-refractivity contribution in [2.24, 2.45) is 0 Å². The second-order valence-corrected chi connectivity index (χ2v) is 5.76. The molecule has 0 spiro atoms. The molecule has 1 aliphatic rings. The Bertz CT molecular complexity index is 304. The summed E-state index contributed by atoms with van der Waals surface area (Å²) >= 11 is 0. The first-order valence-electron chi connectivity index (χ1n) is 8.12. The Labute approximate surface area is 122 Å². The molecule has 1 fully saturated rings. The molecule has 2 unspecified atom stereocenters. The Morgan fingerprint density at radius 1 is 1.05 bits per heavy atom. The molecule has 0 aromatic carbocycles. The van der Waals surface area contributed by atoms with Gasteiger partial charge in [0.1, 0.15) is 0 Å². The Morgan fingerprint density at radius 3 is 2.10 bits per heavy atom. The lowest BCUT2D eigenvalue weighted by Crippen LogP contribution is -2.63. The molecule has 0 bridgehead atoms. The monoisotopic (exact) mass is 283 g/mol. The number of unbranched alkanes of at least 4 members (excludes halogenated alkanes) is 8. The molecule has 1 N–H and O–H groups in total. The third-order valence-corrected chi connectivity index (χ3v) is 3.86. The van der Waals surface area contributed by atoms with E-state index in [0.717, 1.165) is 12.8 Å². The van der Waals surface area contributed by atoms with Crippen molar-refractivity contribution in [1.29, 1.82) is 0 Å². The van der Waals surface area contributed by atoms with Crippen molar-refractivity contribution in [2.75, 3.05) is 0 Å². The molecule has 1 aliphatic heterocycles. The maximum atomic E-state index is 11.2. The predicted octanol–water partition coefficient (Wildman–Crippen LogP) is 3.34. The number of carbonyl (C=O) groups is 2. The number of esters is 1. The zero-order valence-electron chi connectivity index (χ0n) is 13.0. The Kier molecular flexibility index (Phi) is 8.31. The Hall–Kier alpha value is -1.06. The molecule has 2 atom stereocenters. The molecule has 116 valence electrons. The fourth-order valence-corrected chi connectivity index (χ4v) is 2.64.